The first-order valence-electron chi connectivity index (χ1n) is 8.61. The lowest BCUT2D eigenvalue weighted by molar-refractivity contribution is -0.122. The van der Waals surface area contributed by atoms with Crippen molar-refractivity contribution in [3.05, 3.63) is 24.0 Å². The van der Waals surface area contributed by atoms with E-state index in [1.807, 2.05) is 0 Å². The maximum absolute atomic E-state index is 14.6. The van der Waals surface area contributed by atoms with Crippen LogP contribution in [0.4, 0.5) is 25.0 Å². The van der Waals surface area contributed by atoms with E-state index in [1.165, 1.54) is 17.3 Å². The number of anilines is 2. The Kier molecular flexibility index (Phi) is 5.93. The van der Waals surface area contributed by atoms with E-state index < -0.39 is 30.6 Å². The van der Waals surface area contributed by atoms with Crippen molar-refractivity contribution in [3.8, 4) is 12.3 Å². The molecule has 10 heteroatoms. The summed E-state index contributed by atoms with van der Waals surface area (Å²) in [5.41, 5.74) is 0.653. The largest absolute Gasteiger partial charge is 0.442 e. The number of terminal acetylenes is 1. The average molecular weight is 391 g/mol. The maximum Gasteiger partial charge on any atom is 0.414 e. The number of nitrogens with one attached hydrogen (secondary N) is 1. The van der Waals surface area contributed by atoms with Gasteiger partial charge in [0.05, 0.1) is 37.6 Å². The predicted molar refractivity (Wildman–Crippen MR) is 99.2 cm³/mol. The second kappa shape index (κ2) is 8.56. The lowest BCUT2D eigenvalue weighted by Gasteiger charge is -2.29. The molecule has 1 N–H and O–H groups in total. The Hall–Kier alpha value is -3.35. The zero-order valence-corrected chi connectivity index (χ0v) is 15.0. The van der Waals surface area contributed by atoms with Crippen LogP contribution in [0.5, 0.6) is 0 Å². The first-order valence-corrected chi connectivity index (χ1v) is 8.61. The Morgan fingerprint density at radius 1 is 1.43 bits per heavy atom. The fourth-order valence-corrected chi connectivity index (χ4v) is 2.89. The number of rotatable bonds is 6. The van der Waals surface area contributed by atoms with Crippen LogP contribution in [0.15, 0.2) is 23.3 Å². The van der Waals surface area contributed by atoms with E-state index in [-0.39, 0.29) is 13.1 Å². The highest BCUT2D eigenvalue weighted by atomic mass is 19.1. The molecule has 1 saturated heterocycles. The van der Waals surface area contributed by atoms with E-state index in [2.05, 4.69) is 16.3 Å². The molecule has 1 atom stereocenters. The molecule has 2 aliphatic rings. The molecule has 2 amide bonds. The summed E-state index contributed by atoms with van der Waals surface area (Å²) in [5, 5.41) is 8.17. The van der Waals surface area contributed by atoms with Gasteiger partial charge in [-0.25, -0.2) is 13.6 Å². The number of hydrogen-bond acceptors (Lipinski definition) is 6. The molecule has 0 saturated carbocycles. The zero-order chi connectivity index (χ0) is 20.1. The molecule has 0 spiro atoms. The molecular weight excluding hydrogens is 372 g/mol. The highest BCUT2D eigenvalue weighted by molar-refractivity contribution is 5.90. The topological polar surface area (TPSA) is 77.5 Å². The van der Waals surface area contributed by atoms with Crippen molar-refractivity contribution in [2.24, 2.45) is 5.10 Å². The van der Waals surface area contributed by atoms with Crippen molar-refractivity contribution in [3.63, 3.8) is 0 Å². The van der Waals surface area contributed by atoms with Crippen molar-refractivity contribution in [1.82, 2.24) is 10.3 Å². The summed E-state index contributed by atoms with van der Waals surface area (Å²) in [6.07, 6.45) is 5.46. The van der Waals surface area contributed by atoms with Crippen LogP contribution < -0.4 is 15.1 Å². The number of hydrogen-bond donors (Lipinski definition) is 1. The van der Waals surface area contributed by atoms with E-state index in [9.17, 15) is 18.4 Å². The summed E-state index contributed by atoms with van der Waals surface area (Å²) < 4.78 is 31.9. The molecule has 8 nitrogen and oxygen atoms in total. The Balaban J connectivity index is 1.66. The number of amides is 2. The molecule has 28 heavy (non-hydrogen) atoms. The normalized spacial score (nSPS) is 18.8. The Bertz CT molecular complexity index is 826. The van der Waals surface area contributed by atoms with Crippen LogP contribution in [0.25, 0.3) is 0 Å². The van der Waals surface area contributed by atoms with Crippen LogP contribution in [-0.2, 0) is 9.53 Å². The van der Waals surface area contributed by atoms with Gasteiger partial charge in [0, 0.05) is 6.54 Å². The first kappa shape index (κ1) is 19.4. The van der Waals surface area contributed by atoms with Gasteiger partial charge in [-0.3, -0.25) is 14.7 Å². The van der Waals surface area contributed by atoms with Crippen LogP contribution in [-0.4, -0.2) is 68.9 Å². The minimum Gasteiger partial charge on any atom is -0.442 e. The molecule has 2 aliphatic heterocycles. The second-order valence-electron chi connectivity index (χ2n) is 6.21. The van der Waals surface area contributed by atoms with Gasteiger partial charge in [0.1, 0.15) is 18.3 Å². The van der Waals surface area contributed by atoms with Crippen LogP contribution in [0, 0.1) is 18.2 Å². The molecule has 0 bridgehead atoms. The van der Waals surface area contributed by atoms with E-state index in [0.717, 1.165) is 0 Å². The lowest BCUT2D eigenvalue weighted by Crippen LogP contribution is -2.38. The van der Waals surface area contributed by atoms with Crippen LogP contribution >= 0.6 is 0 Å². The highest BCUT2D eigenvalue weighted by Gasteiger charge is 2.33. The predicted octanol–water partition coefficient (Wildman–Crippen LogP) is 0.935. The third-order valence-corrected chi connectivity index (χ3v) is 4.30. The fraction of sp³-hybridized carbons (Fsp3) is 0.389. The van der Waals surface area contributed by atoms with Crippen molar-refractivity contribution in [1.29, 1.82) is 0 Å². The van der Waals surface area contributed by atoms with Crippen LogP contribution in [0.3, 0.4) is 0 Å². The lowest BCUT2D eigenvalue weighted by atomic mass is 10.2. The number of ether oxygens (including phenoxy) is 1. The molecule has 0 aliphatic carbocycles. The smallest absolute Gasteiger partial charge is 0.414 e. The third kappa shape index (κ3) is 4.31. The van der Waals surface area contributed by atoms with Gasteiger partial charge >= 0.3 is 6.09 Å². The fourth-order valence-electron chi connectivity index (χ4n) is 2.89. The molecule has 1 fully saturated rings. The number of hydrazone groups is 1. The summed E-state index contributed by atoms with van der Waals surface area (Å²) in [7, 11) is 0. The van der Waals surface area contributed by atoms with Crippen LogP contribution in [0.1, 0.15) is 0 Å². The quantitative estimate of drug-likeness (QED) is 0.731. The molecule has 0 unspecified atom stereocenters. The third-order valence-electron chi connectivity index (χ3n) is 4.30. The van der Waals surface area contributed by atoms with Crippen LogP contribution in [0.2, 0.25) is 0 Å². The van der Waals surface area contributed by atoms with E-state index in [0.29, 0.717) is 31.0 Å². The molecule has 2 heterocycles. The summed E-state index contributed by atoms with van der Waals surface area (Å²) in [6.45, 7) is 0.434. The van der Waals surface area contributed by atoms with Gasteiger partial charge in [0.15, 0.2) is 6.67 Å². The van der Waals surface area contributed by atoms with E-state index in [4.69, 9.17) is 11.2 Å². The summed E-state index contributed by atoms with van der Waals surface area (Å²) >= 11 is 0. The highest BCUT2D eigenvalue weighted by Crippen LogP contribution is 2.28. The zero-order valence-electron chi connectivity index (χ0n) is 15.0. The number of nitrogens with zero attached hydrogens (tertiary/aromatic N) is 4. The first-order chi connectivity index (χ1) is 13.5. The number of halogens is 2. The van der Waals surface area contributed by atoms with Crippen molar-refractivity contribution in [2.45, 2.75) is 6.10 Å². The Morgan fingerprint density at radius 2 is 2.25 bits per heavy atom. The molecule has 1 aromatic rings. The number of carbonyl (C=O) groups is 2. The van der Waals surface area contributed by atoms with E-state index in [1.54, 1.807) is 22.0 Å². The van der Waals surface area contributed by atoms with Crippen molar-refractivity contribution < 1.29 is 23.1 Å². The number of alkyl halides is 1. The summed E-state index contributed by atoms with van der Waals surface area (Å²) in [4.78, 5) is 25.9. The number of cyclic esters (lactones) is 1. The number of benzene rings is 1. The molecule has 0 aromatic heterocycles. The van der Waals surface area contributed by atoms with Gasteiger partial charge < -0.3 is 15.0 Å². The molecule has 3 rings (SSSR count). The van der Waals surface area contributed by atoms with Gasteiger partial charge in [-0.15, -0.1) is 6.42 Å². The Morgan fingerprint density at radius 3 is 2.89 bits per heavy atom. The molecule has 1 aromatic carbocycles. The maximum atomic E-state index is 14.6. The van der Waals surface area contributed by atoms with Crippen molar-refractivity contribution in [2.75, 3.05) is 49.2 Å². The standard InChI is InChI=1S/C18H19F2N5O3/c1-2-5-24-7-6-23(12-22-24)16-4-3-13(8-15(16)20)25-11-14(28-18(25)27)10-21-17(26)9-19/h1,3-4,8,12,14H,5-7,9-11H2,(H,21,26)/t14-/m0/s1. The average Bonchev–Trinajstić information content (AvgIpc) is 3.07. The van der Waals surface area contributed by atoms with Gasteiger partial charge in [-0.1, -0.05) is 5.92 Å². The molecule has 0 radical (unpaired) electrons. The van der Waals surface area contributed by atoms with E-state index >= 15 is 0 Å². The van der Waals surface area contributed by atoms with Crippen molar-refractivity contribution >= 4 is 29.7 Å². The Labute approximate surface area is 160 Å². The molecule has 148 valence electrons. The number of carbonyl (C=O) groups excluding carboxylic acids is 2. The minimum atomic E-state index is -1.14. The summed E-state index contributed by atoms with van der Waals surface area (Å²) in [5.74, 6) is 1.20. The van der Waals surface area contributed by atoms with Gasteiger partial charge in [0.2, 0.25) is 0 Å². The van der Waals surface area contributed by atoms with Gasteiger partial charge in [0.25, 0.3) is 5.91 Å². The SMILES string of the molecule is C#CCN1CCN(c2ccc(N3C[C@H](CNC(=O)CF)OC3=O)cc2F)C=N1. The minimum absolute atomic E-state index is 0.00996. The molecular formula is C18H19F2N5O3. The van der Waals surface area contributed by atoms with Gasteiger partial charge in [-0.2, -0.15) is 5.10 Å². The van der Waals surface area contributed by atoms with Gasteiger partial charge in [-0.05, 0) is 18.2 Å². The second-order valence-corrected chi connectivity index (χ2v) is 6.21. The monoisotopic (exact) mass is 391 g/mol. The summed E-state index contributed by atoms with van der Waals surface area (Å²) in [6, 6.07) is 4.39.